The van der Waals surface area contributed by atoms with Crippen molar-refractivity contribution in [2.75, 3.05) is 12.1 Å². The van der Waals surface area contributed by atoms with Crippen LogP contribution in [0.4, 0.5) is 10.5 Å². The third-order valence-electron chi connectivity index (χ3n) is 6.15. The average molecular weight is 531 g/mol. The average Bonchev–Trinajstić information content (AvgIpc) is 3.63. The number of hydrogen-bond donors (Lipinski definition) is 2. The molecule has 38 heavy (non-hydrogen) atoms. The zero-order valence-corrected chi connectivity index (χ0v) is 21.4. The second-order valence-electron chi connectivity index (χ2n) is 8.63. The van der Waals surface area contributed by atoms with Crippen LogP contribution in [-0.4, -0.2) is 27.3 Å². The number of furan rings is 1. The summed E-state index contributed by atoms with van der Waals surface area (Å²) < 4.78 is 38.5. The van der Waals surface area contributed by atoms with Crippen molar-refractivity contribution in [2.45, 2.75) is 23.9 Å². The van der Waals surface area contributed by atoms with Crippen molar-refractivity contribution in [3.05, 3.63) is 114 Å². The number of urea groups is 1. The van der Waals surface area contributed by atoms with Crippen LogP contribution in [0, 0.1) is 0 Å². The van der Waals surface area contributed by atoms with Crippen molar-refractivity contribution in [1.29, 1.82) is 0 Å². The minimum Gasteiger partial charge on any atom is -0.497 e. The Labute approximate surface area is 220 Å². The fraction of sp³-hybridized carbons (Fsp3) is 0.143. The van der Waals surface area contributed by atoms with Gasteiger partial charge in [0.15, 0.2) is 0 Å². The number of carbonyl (C=O) groups is 1. The Kier molecular flexibility index (Phi) is 7.14. The number of hydrazone groups is 1. The number of anilines is 1. The van der Waals surface area contributed by atoms with Gasteiger partial charge in [-0.1, -0.05) is 42.5 Å². The number of amides is 2. The first-order valence-electron chi connectivity index (χ1n) is 11.9. The molecule has 5 rings (SSSR count). The summed E-state index contributed by atoms with van der Waals surface area (Å²) in [6.07, 6.45) is 2.20. The Morgan fingerprint density at radius 3 is 2.39 bits per heavy atom. The predicted molar refractivity (Wildman–Crippen MR) is 144 cm³/mol. The van der Waals surface area contributed by atoms with Crippen LogP contribution in [0.5, 0.6) is 5.75 Å². The lowest BCUT2D eigenvalue weighted by atomic mass is 10.0. The summed E-state index contributed by atoms with van der Waals surface area (Å²) in [6.45, 7) is 0.207. The van der Waals surface area contributed by atoms with E-state index < -0.39 is 16.1 Å². The first-order chi connectivity index (χ1) is 18.4. The van der Waals surface area contributed by atoms with E-state index in [1.54, 1.807) is 25.5 Å². The highest BCUT2D eigenvalue weighted by atomic mass is 32.2. The van der Waals surface area contributed by atoms with E-state index in [0.29, 0.717) is 17.9 Å². The maximum absolute atomic E-state index is 12.8. The molecule has 0 aliphatic carbocycles. The highest BCUT2D eigenvalue weighted by molar-refractivity contribution is 7.90. The summed E-state index contributed by atoms with van der Waals surface area (Å²) in [6, 6.07) is 25.9. The molecular formula is C28H26N4O5S. The lowest BCUT2D eigenvalue weighted by molar-refractivity contribution is 0.245. The van der Waals surface area contributed by atoms with E-state index in [0.717, 1.165) is 22.6 Å². The first kappa shape index (κ1) is 25.1. The first-order valence-corrected chi connectivity index (χ1v) is 13.4. The standard InChI is InChI=1S/C28H26N4O5S/c1-36-23-13-9-21(10-14-23)26-18-25(27-8-5-17-37-27)30-32(26)22-11-15-24(16-12-22)38(34,35)31-28(33)29-19-20-6-3-2-4-7-20/h2-17,26H,18-19H2,1H3,(H2,29,31,33). The SMILES string of the molecule is COc1ccc(C2CC(c3ccco3)=NN2c2ccc(S(=O)(=O)NC(=O)NCc3ccccc3)cc2)cc1. The van der Waals surface area contributed by atoms with E-state index in [1.165, 1.54) is 12.1 Å². The quantitative estimate of drug-likeness (QED) is 0.337. The molecule has 1 unspecified atom stereocenters. The molecule has 0 fully saturated rings. The maximum atomic E-state index is 12.8. The van der Waals surface area contributed by atoms with Gasteiger partial charge in [0.1, 0.15) is 17.2 Å². The molecule has 0 bridgehead atoms. The molecule has 4 aromatic rings. The largest absolute Gasteiger partial charge is 0.497 e. The van der Waals surface area contributed by atoms with Gasteiger partial charge in [0.2, 0.25) is 0 Å². The zero-order chi connectivity index (χ0) is 26.5. The lowest BCUT2D eigenvalue weighted by Crippen LogP contribution is -2.39. The number of nitrogens with one attached hydrogen (secondary N) is 2. The fourth-order valence-corrected chi connectivity index (χ4v) is 5.13. The minimum atomic E-state index is -4.07. The molecule has 2 amide bonds. The number of hydrogen-bond acceptors (Lipinski definition) is 7. The molecular weight excluding hydrogens is 504 g/mol. The molecule has 1 aromatic heterocycles. The third kappa shape index (κ3) is 5.55. The normalized spacial score (nSPS) is 15.1. The highest BCUT2D eigenvalue weighted by Gasteiger charge is 2.31. The summed E-state index contributed by atoms with van der Waals surface area (Å²) in [5.74, 6) is 1.43. The molecule has 9 nitrogen and oxygen atoms in total. The van der Waals surface area contributed by atoms with Crippen molar-refractivity contribution in [3.8, 4) is 5.75 Å². The van der Waals surface area contributed by atoms with Crippen molar-refractivity contribution in [2.24, 2.45) is 5.10 Å². The van der Waals surface area contributed by atoms with Crippen molar-refractivity contribution >= 4 is 27.5 Å². The Bertz CT molecular complexity index is 1520. The van der Waals surface area contributed by atoms with Crippen LogP contribution in [0.3, 0.4) is 0 Å². The van der Waals surface area contributed by atoms with Crippen LogP contribution in [-0.2, 0) is 16.6 Å². The molecule has 10 heteroatoms. The molecule has 0 radical (unpaired) electrons. The summed E-state index contributed by atoms with van der Waals surface area (Å²) >= 11 is 0. The molecule has 1 aliphatic rings. The van der Waals surface area contributed by atoms with Gasteiger partial charge in [-0.25, -0.2) is 17.9 Å². The molecule has 194 valence electrons. The Morgan fingerprint density at radius 1 is 1.00 bits per heavy atom. The smallest absolute Gasteiger partial charge is 0.328 e. The highest BCUT2D eigenvalue weighted by Crippen LogP contribution is 2.37. The van der Waals surface area contributed by atoms with Crippen molar-refractivity contribution in [1.82, 2.24) is 10.0 Å². The van der Waals surface area contributed by atoms with E-state index in [9.17, 15) is 13.2 Å². The number of ether oxygens (including phenoxy) is 1. The molecule has 0 saturated heterocycles. The van der Waals surface area contributed by atoms with Crippen LogP contribution in [0.25, 0.3) is 0 Å². The molecule has 2 N–H and O–H groups in total. The number of benzene rings is 3. The summed E-state index contributed by atoms with van der Waals surface area (Å²) in [5, 5.41) is 9.19. The van der Waals surface area contributed by atoms with Gasteiger partial charge in [-0.15, -0.1) is 0 Å². The van der Waals surface area contributed by atoms with Crippen LogP contribution >= 0.6 is 0 Å². The lowest BCUT2D eigenvalue weighted by Gasteiger charge is -2.24. The van der Waals surface area contributed by atoms with Crippen LogP contribution < -0.4 is 19.8 Å². The van der Waals surface area contributed by atoms with Gasteiger partial charge >= 0.3 is 6.03 Å². The number of nitrogens with zero attached hydrogens (tertiary/aromatic N) is 2. The number of carbonyl (C=O) groups excluding carboxylic acids is 1. The summed E-state index contributed by atoms with van der Waals surface area (Å²) in [4.78, 5) is 12.2. The molecule has 1 atom stereocenters. The second-order valence-corrected chi connectivity index (χ2v) is 10.3. The Balaban J connectivity index is 1.34. The molecule has 0 spiro atoms. The van der Waals surface area contributed by atoms with Crippen LogP contribution in [0.15, 0.2) is 112 Å². The molecule has 3 aromatic carbocycles. The monoisotopic (exact) mass is 530 g/mol. The van der Waals surface area contributed by atoms with E-state index in [-0.39, 0.29) is 17.5 Å². The topological polar surface area (TPSA) is 113 Å². The predicted octanol–water partition coefficient (Wildman–Crippen LogP) is 4.83. The second kappa shape index (κ2) is 10.8. The van der Waals surface area contributed by atoms with Gasteiger partial charge in [-0.05, 0) is 59.7 Å². The Hall–Kier alpha value is -4.57. The zero-order valence-electron chi connectivity index (χ0n) is 20.6. The van der Waals surface area contributed by atoms with Gasteiger partial charge in [-0.3, -0.25) is 5.01 Å². The van der Waals surface area contributed by atoms with Gasteiger partial charge < -0.3 is 14.5 Å². The van der Waals surface area contributed by atoms with Gasteiger partial charge in [-0.2, -0.15) is 5.10 Å². The van der Waals surface area contributed by atoms with E-state index in [1.807, 2.05) is 71.7 Å². The van der Waals surface area contributed by atoms with Crippen LogP contribution in [0.2, 0.25) is 0 Å². The van der Waals surface area contributed by atoms with Crippen molar-refractivity contribution in [3.63, 3.8) is 0 Å². The molecule has 1 aliphatic heterocycles. The maximum Gasteiger partial charge on any atom is 0.328 e. The fourth-order valence-electron chi connectivity index (χ4n) is 4.20. The number of sulfonamides is 1. The minimum absolute atomic E-state index is 0.0356. The third-order valence-corrected chi connectivity index (χ3v) is 7.50. The van der Waals surface area contributed by atoms with Gasteiger partial charge in [0.25, 0.3) is 10.0 Å². The van der Waals surface area contributed by atoms with E-state index in [2.05, 4.69) is 10.0 Å². The number of methoxy groups -OCH3 is 1. The van der Waals surface area contributed by atoms with Gasteiger partial charge in [0, 0.05) is 13.0 Å². The van der Waals surface area contributed by atoms with E-state index in [4.69, 9.17) is 14.3 Å². The van der Waals surface area contributed by atoms with E-state index >= 15 is 0 Å². The summed E-state index contributed by atoms with van der Waals surface area (Å²) in [7, 11) is -2.45. The van der Waals surface area contributed by atoms with Crippen molar-refractivity contribution < 1.29 is 22.4 Å². The van der Waals surface area contributed by atoms with Crippen LogP contribution in [0.1, 0.15) is 29.3 Å². The van der Waals surface area contributed by atoms with Gasteiger partial charge in [0.05, 0.1) is 30.0 Å². The Morgan fingerprint density at radius 2 is 1.74 bits per heavy atom. The molecule has 0 saturated carbocycles. The molecule has 2 heterocycles. The summed E-state index contributed by atoms with van der Waals surface area (Å²) in [5.41, 5.74) is 3.35. The number of rotatable bonds is 8.